The van der Waals surface area contributed by atoms with E-state index in [0.29, 0.717) is 0 Å². The van der Waals surface area contributed by atoms with Crippen molar-refractivity contribution in [3.05, 3.63) is 76.3 Å². The van der Waals surface area contributed by atoms with Gasteiger partial charge in [0.05, 0.1) is 5.69 Å². The molecule has 0 spiro atoms. The van der Waals surface area contributed by atoms with E-state index in [1.54, 1.807) is 11.3 Å². The minimum atomic E-state index is 0.959. The van der Waals surface area contributed by atoms with Gasteiger partial charge in [-0.05, 0) is 25.0 Å². The number of rotatable bonds is 5. The van der Waals surface area contributed by atoms with Crippen LogP contribution in [0.2, 0.25) is 0 Å². The molecule has 0 unspecified atom stereocenters. The topological polar surface area (TPSA) is 19.4 Å². The van der Waals surface area contributed by atoms with Crippen LogP contribution in [0.5, 0.6) is 0 Å². The molecule has 4 heteroatoms. The molecule has 1 fully saturated rings. The van der Waals surface area contributed by atoms with Gasteiger partial charge in [0.1, 0.15) is 5.01 Å². The van der Waals surface area contributed by atoms with E-state index in [1.807, 2.05) is 0 Å². The van der Waals surface area contributed by atoms with Gasteiger partial charge in [-0.15, -0.1) is 11.3 Å². The number of hydrogen-bond acceptors (Lipinski definition) is 4. The summed E-state index contributed by atoms with van der Waals surface area (Å²) in [7, 11) is 0. The molecule has 1 aromatic heterocycles. The maximum atomic E-state index is 4.89. The standard InChI is InChI=1S/C23H27N3S/c1-18-7-9-20(10-8-18)15-25-11-13-26(14-12-25)16-21-17-27-23(24-21)22-6-4-3-5-19(22)2/h3-10,17H,11-16H2,1-2H3. The highest BCUT2D eigenvalue weighted by Crippen LogP contribution is 2.27. The van der Waals surface area contributed by atoms with Crippen LogP contribution in [0.3, 0.4) is 0 Å². The molecule has 4 rings (SSSR count). The lowest BCUT2D eigenvalue weighted by atomic mass is 10.1. The van der Waals surface area contributed by atoms with Gasteiger partial charge in [0, 0.05) is 50.2 Å². The Morgan fingerprint density at radius 3 is 2.22 bits per heavy atom. The Kier molecular flexibility index (Phi) is 5.67. The maximum absolute atomic E-state index is 4.89. The second-order valence-electron chi connectivity index (χ2n) is 7.50. The maximum Gasteiger partial charge on any atom is 0.123 e. The largest absolute Gasteiger partial charge is 0.297 e. The summed E-state index contributed by atoms with van der Waals surface area (Å²) in [6.07, 6.45) is 0. The average Bonchev–Trinajstić information content (AvgIpc) is 3.14. The van der Waals surface area contributed by atoms with E-state index in [9.17, 15) is 0 Å². The molecule has 2 heterocycles. The van der Waals surface area contributed by atoms with Crippen LogP contribution in [0.4, 0.5) is 0 Å². The number of hydrogen-bond donors (Lipinski definition) is 0. The van der Waals surface area contributed by atoms with Crippen molar-refractivity contribution in [1.82, 2.24) is 14.8 Å². The van der Waals surface area contributed by atoms with Gasteiger partial charge in [0.2, 0.25) is 0 Å². The molecule has 0 saturated carbocycles. The minimum absolute atomic E-state index is 0.959. The molecule has 1 saturated heterocycles. The van der Waals surface area contributed by atoms with E-state index in [2.05, 4.69) is 77.6 Å². The zero-order valence-electron chi connectivity index (χ0n) is 16.2. The third-order valence-electron chi connectivity index (χ3n) is 5.30. The molecule has 0 atom stereocenters. The number of aromatic nitrogens is 1. The molecule has 2 aromatic carbocycles. The highest BCUT2D eigenvalue weighted by atomic mass is 32.1. The predicted octanol–water partition coefficient (Wildman–Crippen LogP) is 4.74. The quantitative estimate of drug-likeness (QED) is 0.640. The first-order valence-corrected chi connectivity index (χ1v) is 10.6. The van der Waals surface area contributed by atoms with Crippen molar-refractivity contribution in [1.29, 1.82) is 0 Å². The number of aryl methyl sites for hydroxylation is 2. The Morgan fingerprint density at radius 1 is 0.852 bits per heavy atom. The fourth-order valence-corrected chi connectivity index (χ4v) is 4.50. The van der Waals surface area contributed by atoms with E-state index >= 15 is 0 Å². The molecule has 0 aliphatic carbocycles. The first-order chi connectivity index (χ1) is 13.2. The molecule has 0 N–H and O–H groups in total. The lowest BCUT2D eigenvalue weighted by molar-refractivity contribution is 0.121. The van der Waals surface area contributed by atoms with Crippen LogP contribution in [0, 0.1) is 13.8 Å². The van der Waals surface area contributed by atoms with Crippen LogP contribution >= 0.6 is 11.3 Å². The number of benzene rings is 2. The SMILES string of the molecule is Cc1ccc(CN2CCN(Cc3csc(-c4ccccc4C)n3)CC2)cc1. The Balaban J connectivity index is 1.31. The Morgan fingerprint density at radius 2 is 1.52 bits per heavy atom. The van der Waals surface area contributed by atoms with E-state index in [0.717, 1.165) is 44.3 Å². The molecule has 0 amide bonds. The van der Waals surface area contributed by atoms with Crippen molar-refractivity contribution in [3.8, 4) is 10.6 Å². The zero-order chi connectivity index (χ0) is 18.6. The highest BCUT2D eigenvalue weighted by Gasteiger charge is 2.18. The Hall–Kier alpha value is -2.01. The van der Waals surface area contributed by atoms with Crippen molar-refractivity contribution >= 4 is 11.3 Å². The second-order valence-corrected chi connectivity index (χ2v) is 8.35. The Bertz CT molecular complexity index is 877. The van der Waals surface area contributed by atoms with Crippen molar-refractivity contribution in [3.63, 3.8) is 0 Å². The van der Waals surface area contributed by atoms with Gasteiger partial charge in [-0.3, -0.25) is 9.80 Å². The fraction of sp³-hybridized carbons (Fsp3) is 0.348. The van der Waals surface area contributed by atoms with Crippen LogP contribution in [-0.2, 0) is 13.1 Å². The second kappa shape index (κ2) is 8.34. The predicted molar refractivity (Wildman–Crippen MR) is 114 cm³/mol. The third-order valence-corrected chi connectivity index (χ3v) is 6.23. The van der Waals surface area contributed by atoms with E-state index < -0.39 is 0 Å². The molecule has 1 aliphatic heterocycles. The summed E-state index contributed by atoms with van der Waals surface area (Å²) in [5, 5.41) is 3.36. The lowest BCUT2D eigenvalue weighted by Crippen LogP contribution is -2.45. The summed E-state index contributed by atoms with van der Waals surface area (Å²) in [4.78, 5) is 9.98. The Labute approximate surface area is 166 Å². The van der Waals surface area contributed by atoms with Crippen molar-refractivity contribution in [2.75, 3.05) is 26.2 Å². The van der Waals surface area contributed by atoms with Gasteiger partial charge >= 0.3 is 0 Å². The smallest absolute Gasteiger partial charge is 0.123 e. The molecular formula is C23H27N3S. The number of thiazole rings is 1. The van der Waals surface area contributed by atoms with Crippen molar-refractivity contribution < 1.29 is 0 Å². The zero-order valence-corrected chi connectivity index (χ0v) is 17.0. The van der Waals surface area contributed by atoms with Crippen LogP contribution in [0.15, 0.2) is 53.9 Å². The van der Waals surface area contributed by atoms with Gasteiger partial charge < -0.3 is 0 Å². The molecule has 1 aliphatic rings. The minimum Gasteiger partial charge on any atom is -0.297 e. The molecule has 0 bridgehead atoms. The monoisotopic (exact) mass is 377 g/mol. The van der Waals surface area contributed by atoms with Crippen LogP contribution < -0.4 is 0 Å². The van der Waals surface area contributed by atoms with E-state index in [1.165, 1.54) is 27.9 Å². The van der Waals surface area contributed by atoms with Crippen LogP contribution in [0.25, 0.3) is 10.6 Å². The summed E-state index contributed by atoms with van der Waals surface area (Å²) in [5.41, 5.74) is 6.50. The molecular weight excluding hydrogens is 350 g/mol. The first-order valence-electron chi connectivity index (χ1n) is 9.68. The number of piperazine rings is 1. The molecule has 27 heavy (non-hydrogen) atoms. The number of nitrogens with zero attached hydrogens (tertiary/aromatic N) is 3. The summed E-state index contributed by atoms with van der Waals surface area (Å²) >= 11 is 1.76. The van der Waals surface area contributed by atoms with Crippen LogP contribution in [0.1, 0.15) is 22.4 Å². The van der Waals surface area contributed by atoms with Gasteiger partial charge in [-0.25, -0.2) is 4.98 Å². The summed E-state index contributed by atoms with van der Waals surface area (Å²) in [5.74, 6) is 0. The van der Waals surface area contributed by atoms with Gasteiger partial charge in [0.25, 0.3) is 0 Å². The normalized spacial score (nSPS) is 15.9. The van der Waals surface area contributed by atoms with E-state index in [4.69, 9.17) is 4.98 Å². The third kappa shape index (κ3) is 4.64. The molecule has 3 aromatic rings. The van der Waals surface area contributed by atoms with Gasteiger partial charge in [-0.1, -0.05) is 54.1 Å². The van der Waals surface area contributed by atoms with Crippen LogP contribution in [-0.4, -0.2) is 41.0 Å². The van der Waals surface area contributed by atoms with Gasteiger partial charge in [0.15, 0.2) is 0 Å². The average molecular weight is 378 g/mol. The summed E-state index contributed by atoms with van der Waals surface area (Å²) in [6, 6.07) is 17.4. The molecule has 140 valence electrons. The highest BCUT2D eigenvalue weighted by molar-refractivity contribution is 7.13. The van der Waals surface area contributed by atoms with Gasteiger partial charge in [-0.2, -0.15) is 0 Å². The fourth-order valence-electron chi connectivity index (χ4n) is 3.60. The summed E-state index contributed by atoms with van der Waals surface area (Å²) < 4.78 is 0. The summed E-state index contributed by atoms with van der Waals surface area (Å²) in [6.45, 7) is 10.8. The lowest BCUT2D eigenvalue weighted by Gasteiger charge is -2.34. The van der Waals surface area contributed by atoms with Crippen molar-refractivity contribution in [2.24, 2.45) is 0 Å². The molecule has 3 nitrogen and oxygen atoms in total. The molecule has 0 radical (unpaired) electrons. The van der Waals surface area contributed by atoms with Crippen molar-refractivity contribution in [2.45, 2.75) is 26.9 Å². The first kappa shape index (κ1) is 18.4. The van der Waals surface area contributed by atoms with E-state index in [-0.39, 0.29) is 0 Å².